The highest BCUT2D eigenvalue weighted by molar-refractivity contribution is 5.07. The van der Waals surface area contributed by atoms with Gasteiger partial charge in [-0.25, -0.2) is 0 Å². The van der Waals surface area contributed by atoms with E-state index in [0.29, 0.717) is 5.60 Å². The average Bonchev–Trinajstić information content (AvgIpc) is 2.73. The number of fused-ring (bicyclic) bond motifs is 1. The first-order valence-corrected chi connectivity index (χ1v) is 4.96. The molecule has 2 aliphatic rings. The Morgan fingerprint density at radius 3 is 2.64 bits per heavy atom. The number of hydrogen-bond acceptors (Lipinski definition) is 1. The Bertz CT molecular complexity index is 155. The van der Waals surface area contributed by atoms with Gasteiger partial charge in [0.15, 0.2) is 0 Å². The Balaban J connectivity index is 2.04. The van der Waals surface area contributed by atoms with Crippen LogP contribution in [0.15, 0.2) is 0 Å². The highest BCUT2D eigenvalue weighted by atomic mass is 16.5. The van der Waals surface area contributed by atoms with Gasteiger partial charge in [0.25, 0.3) is 0 Å². The Labute approximate surface area is 69.1 Å². The third-order valence-corrected chi connectivity index (χ3v) is 3.57. The van der Waals surface area contributed by atoms with Gasteiger partial charge in [0, 0.05) is 6.61 Å². The topological polar surface area (TPSA) is 9.23 Å². The Morgan fingerprint density at radius 1 is 1.45 bits per heavy atom. The predicted molar refractivity (Wildman–Crippen MR) is 45.5 cm³/mol. The minimum absolute atomic E-state index is 0.319. The van der Waals surface area contributed by atoms with Crippen LogP contribution in [0, 0.1) is 11.8 Å². The van der Waals surface area contributed by atoms with Gasteiger partial charge < -0.3 is 4.74 Å². The molecule has 0 saturated heterocycles. The summed E-state index contributed by atoms with van der Waals surface area (Å²) in [5, 5.41) is 0. The van der Waals surface area contributed by atoms with E-state index in [1.807, 2.05) is 0 Å². The van der Waals surface area contributed by atoms with Crippen molar-refractivity contribution in [2.45, 2.75) is 45.1 Å². The van der Waals surface area contributed by atoms with E-state index in [1.54, 1.807) is 0 Å². The van der Waals surface area contributed by atoms with Crippen molar-refractivity contribution in [2.24, 2.45) is 11.8 Å². The van der Waals surface area contributed by atoms with Gasteiger partial charge >= 0.3 is 0 Å². The lowest BCUT2D eigenvalue weighted by Gasteiger charge is -2.29. The van der Waals surface area contributed by atoms with Gasteiger partial charge in [-0.3, -0.25) is 0 Å². The predicted octanol–water partition coefficient (Wildman–Crippen LogP) is 2.60. The lowest BCUT2D eigenvalue weighted by atomic mass is 9.94. The lowest BCUT2D eigenvalue weighted by Crippen LogP contribution is -2.31. The molecule has 11 heavy (non-hydrogen) atoms. The van der Waals surface area contributed by atoms with E-state index in [1.165, 1.54) is 25.7 Å². The van der Waals surface area contributed by atoms with Gasteiger partial charge in [0.1, 0.15) is 0 Å². The van der Waals surface area contributed by atoms with Gasteiger partial charge in [-0.15, -0.1) is 0 Å². The minimum atomic E-state index is 0.319. The summed E-state index contributed by atoms with van der Waals surface area (Å²) in [6, 6.07) is 0. The van der Waals surface area contributed by atoms with Crippen LogP contribution in [0.1, 0.15) is 39.5 Å². The molecule has 3 unspecified atom stereocenters. The molecule has 0 aliphatic heterocycles. The maximum atomic E-state index is 5.89. The molecular formula is C10H18O. The van der Waals surface area contributed by atoms with Crippen molar-refractivity contribution in [1.29, 1.82) is 0 Å². The van der Waals surface area contributed by atoms with Crippen molar-refractivity contribution < 1.29 is 4.74 Å². The molecule has 0 radical (unpaired) electrons. The second-order valence-corrected chi connectivity index (χ2v) is 3.99. The van der Waals surface area contributed by atoms with Gasteiger partial charge in [-0.2, -0.15) is 0 Å². The summed E-state index contributed by atoms with van der Waals surface area (Å²) in [6.07, 6.45) is 5.43. The van der Waals surface area contributed by atoms with Crippen LogP contribution in [0.5, 0.6) is 0 Å². The molecule has 2 fully saturated rings. The van der Waals surface area contributed by atoms with E-state index in [2.05, 4.69) is 13.8 Å². The molecule has 3 atom stereocenters. The minimum Gasteiger partial charge on any atom is -0.375 e. The zero-order valence-corrected chi connectivity index (χ0v) is 7.60. The molecule has 2 saturated carbocycles. The molecule has 2 aliphatic carbocycles. The summed E-state index contributed by atoms with van der Waals surface area (Å²) in [4.78, 5) is 0. The average molecular weight is 154 g/mol. The SMILES string of the molecule is CCOC1(CC)CCC2CC21. The first-order valence-electron chi connectivity index (χ1n) is 4.96. The molecule has 1 heteroatoms. The van der Waals surface area contributed by atoms with Gasteiger partial charge in [-0.05, 0) is 44.4 Å². The summed E-state index contributed by atoms with van der Waals surface area (Å²) in [5.41, 5.74) is 0.319. The third-order valence-electron chi connectivity index (χ3n) is 3.57. The van der Waals surface area contributed by atoms with Crippen molar-refractivity contribution in [3.63, 3.8) is 0 Å². The Hall–Kier alpha value is -0.0400. The molecule has 2 rings (SSSR count). The van der Waals surface area contributed by atoms with E-state index >= 15 is 0 Å². The second-order valence-electron chi connectivity index (χ2n) is 3.99. The maximum absolute atomic E-state index is 5.89. The summed E-state index contributed by atoms with van der Waals surface area (Å²) >= 11 is 0. The van der Waals surface area contributed by atoms with E-state index in [0.717, 1.165) is 18.4 Å². The second kappa shape index (κ2) is 2.48. The summed E-state index contributed by atoms with van der Waals surface area (Å²) < 4.78 is 5.89. The lowest BCUT2D eigenvalue weighted by molar-refractivity contribution is -0.0536. The van der Waals surface area contributed by atoms with E-state index in [9.17, 15) is 0 Å². The summed E-state index contributed by atoms with van der Waals surface area (Å²) in [6.45, 7) is 5.29. The molecular weight excluding hydrogens is 136 g/mol. The van der Waals surface area contributed by atoms with Crippen LogP contribution in [-0.2, 0) is 4.74 Å². The molecule has 64 valence electrons. The van der Waals surface area contributed by atoms with Crippen molar-refractivity contribution in [3.05, 3.63) is 0 Å². The molecule has 0 aromatic heterocycles. The molecule has 0 spiro atoms. The molecule has 0 amide bonds. The third kappa shape index (κ3) is 1.01. The largest absolute Gasteiger partial charge is 0.375 e. The van der Waals surface area contributed by atoms with Gasteiger partial charge in [0.2, 0.25) is 0 Å². The monoisotopic (exact) mass is 154 g/mol. The van der Waals surface area contributed by atoms with Crippen molar-refractivity contribution in [3.8, 4) is 0 Å². The number of hydrogen-bond donors (Lipinski definition) is 0. The fourth-order valence-corrected chi connectivity index (χ4v) is 2.83. The highest BCUT2D eigenvalue weighted by Crippen LogP contribution is 2.60. The molecule has 0 aromatic carbocycles. The van der Waals surface area contributed by atoms with Crippen LogP contribution in [0.2, 0.25) is 0 Å². The Kier molecular flexibility index (Phi) is 1.71. The quantitative estimate of drug-likeness (QED) is 0.607. The smallest absolute Gasteiger partial charge is 0.0710 e. The maximum Gasteiger partial charge on any atom is 0.0710 e. The van der Waals surface area contributed by atoms with Crippen LogP contribution < -0.4 is 0 Å². The van der Waals surface area contributed by atoms with Crippen LogP contribution >= 0.6 is 0 Å². The van der Waals surface area contributed by atoms with E-state index < -0.39 is 0 Å². The number of ether oxygens (including phenoxy) is 1. The van der Waals surface area contributed by atoms with Crippen LogP contribution in [0.25, 0.3) is 0 Å². The van der Waals surface area contributed by atoms with E-state index in [-0.39, 0.29) is 0 Å². The fourth-order valence-electron chi connectivity index (χ4n) is 2.83. The van der Waals surface area contributed by atoms with E-state index in [4.69, 9.17) is 4.74 Å². The van der Waals surface area contributed by atoms with Crippen LogP contribution in [-0.4, -0.2) is 12.2 Å². The molecule has 0 bridgehead atoms. The van der Waals surface area contributed by atoms with Crippen LogP contribution in [0.3, 0.4) is 0 Å². The molecule has 0 heterocycles. The summed E-state index contributed by atoms with van der Waals surface area (Å²) in [5.74, 6) is 1.98. The standard InChI is InChI=1S/C10H18O/c1-3-10(11-4-2)6-5-8-7-9(8)10/h8-9H,3-7H2,1-2H3. The Morgan fingerprint density at radius 2 is 2.27 bits per heavy atom. The highest BCUT2D eigenvalue weighted by Gasteiger charge is 2.57. The molecule has 0 aromatic rings. The number of rotatable bonds is 3. The van der Waals surface area contributed by atoms with Gasteiger partial charge in [-0.1, -0.05) is 6.92 Å². The summed E-state index contributed by atoms with van der Waals surface area (Å²) in [7, 11) is 0. The molecule has 1 nitrogen and oxygen atoms in total. The first-order chi connectivity index (χ1) is 5.32. The zero-order valence-electron chi connectivity index (χ0n) is 7.60. The first kappa shape index (κ1) is 7.60. The molecule has 0 N–H and O–H groups in total. The fraction of sp³-hybridized carbons (Fsp3) is 1.00. The van der Waals surface area contributed by atoms with Crippen LogP contribution in [0.4, 0.5) is 0 Å². The van der Waals surface area contributed by atoms with Gasteiger partial charge in [0.05, 0.1) is 5.60 Å². The van der Waals surface area contributed by atoms with Crippen molar-refractivity contribution >= 4 is 0 Å². The normalized spacial score (nSPS) is 47.5. The zero-order chi connectivity index (χ0) is 7.90. The van der Waals surface area contributed by atoms with Crippen molar-refractivity contribution in [2.75, 3.05) is 6.61 Å². The van der Waals surface area contributed by atoms with Crippen molar-refractivity contribution in [1.82, 2.24) is 0 Å².